The van der Waals surface area contributed by atoms with Gasteiger partial charge in [0.15, 0.2) is 8.15 Å². The average Bonchev–Trinajstić information content (AvgIpc) is 2.74. The summed E-state index contributed by atoms with van der Waals surface area (Å²) in [6.07, 6.45) is 0. The molecule has 0 amide bonds. The number of hydrogen-bond acceptors (Lipinski definition) is 4. The van der Waals surface area contributed by atoms with Gasteiger partial charge in [0, 0.05) is 20.7 Å². The van der Waals surface area contributed by atoms with Gasteiger partial charge in [-0.1, -0.05) is 29.3 Å². The lowest BCUT2D eigenvalue weighted by Gasteiger charge is -2.21. The van der Waals surface area contributed by atoms with Crippen LogP contribution in [-0.4, -0.2) is 13.2 Å². The van der Waals surface area contributed by atoms with Gasteiger partial charge in [0.05, 0.1) is 18.5 Å². The van der Waals surface area contributed by atoms with Crippen molar-refractivity contribution in [1.29, 1.82) is 0 Å². The van der Waals surface area contributed by atoms with Gasteiger partial charge in [0.25, 0.3) is 0 Å². The van der Waals surface area contributed by atoms with Gasteiger partial charge < -0.3 is 13.6 Å². The molecule has 0 radical (unpaired) electrons. The lowest BCUT2D eigenvalue weighted by molar-refractivity contribution is 0.230. The molecule has 4 nitrogen and oxygen atoms in total. The van der Waals surface area contributed by atoms with E-state index in [0.717, 1.165) is 10.6 Å². The molecular formula is C22H22Cl2O4P2. The molecule has 0 heterocycles. The molecule has 0 bridgehead atoms. The van der Waals surface area contributed by atoms with E-state index in [-0.39, 0.29) is 13.2 Å². The minimum atomic E-state index is -3.41. The van der Waals surface area contributed by atoms with Crippen LogP contribution in [0.2, 0.25) is 10.0 Å². The smallest absolute Gasteiger partial charge is 0.361 e. The molecule has 3 rings (SSSR count). The van der Waals surface area contributed by atoms with Crippen molar-refractivity contribution in [3.05, 3.63) is 82.8 Å². The van der Waals surface area contributed by atoms with E-state index >= 15 is 0 Å². The predicted octanol–water partition coefficient (Wildman–Crippen LogP) is 6.31. The van der Waals surface area contributed by atoms with E-state index in [2.05, 4.69) is 0 Å². The monoisotopic (exact) mass is 482 g/mol. The molecule has 3 aromatic carbocycles. The van der Waals surface area contributed by atoms with Crippen LogP contribution in [0.1, 0.15) is 13.8 Å². The van der Waals surface area contributed by atoms with Gasteiger partial charge in [-0.05, 0) is 80.6 Å². The van der Waals surface area contributed by atoms with Crippen molar-refractivity contribution in [1.82, 2.24) is 0 Å². The quantitative estimate of drug-likeness (QED) is 0.335. The molecule has 0 aliphatic rings. The number of halogens is 2. The molecular weight excluding hydrogens is 461 g/mol. The number of benzene rings is 3. The fourth-order valence-electron chi connectivity index (χ4n) is 2.75. The second-order valence-electron chi connectivity index (χ2n) is 6.17. The summed E-state index contributed by atoms with van der Waals surface area (Å²) in [5.41, 5.74) is 0. The highest BCUT2D eigenvalue weighted by molar-refractivity contribution is 7.68. The highest BCUT2D eigenvalue weighted by atomic mass is 35.5. The predicted molar refractivity (Wildman–Crippen MR) is 127 cm³/mol. The third-order valence-corrected chi connectivity index (χ3v) is 8.59. The lowest BCUT2D eigenvalue weighted by Crippen LogP contribution is -2.16. The molecule has 3 aromatic rings. The zero-order valence-corrected chi connectivity index (χ0v) is 19.9. The van der Waals surface area contributed by atoms with Crippen LogP contribution in [0.4, 0.5) is 0 Å². The van der Waals surface area contributed by atoms with E-state index in [4.69, 9.17) is 36.8 Å². The maximum atomic E-state index is 13.1. The lowest BCUT2D eigenvalue weighted by atomic mass is 10.3. The summed E-state index contributed by atoms with van der Waals surface area (Å²) in [6, 6.07) is 22.2. The average molecular weight is 483 g/mol. The maximum absolute atomic E-state index is 13.1. The number of rotatable bonds is 9. The van der Waals surface area contributed by atoms with Gasteiger partial charge in [0.1, 0.15) is 5.75 Å². The Morgan fingerprint density at radius 1 is 0.800 bits per heavy atom. The molecule has 0 aromatic heterocycles. The Morgan fingerprint density at radius 2 is 1.30 bits per heavy atom. The Kier molecular flexibility index (Phi) is 8.36. The SMILES string of the molecule is CCOP(=O)(OCC)c1cccc(OP(c2ccc(Cl)cc2)c2ccc(Cl)cc2)c1. The van der Waals surface area contributed by atoms with Crippen LogP contribution in [0.3, 0.4) is 0 Å². The summed E-state index contributed by atoms with van der Waals surface area (Å²) < 4.78 is 30.5. The molecule has 0 atom stereocenters. The Morgan fingerprint density at radius 3 is 1.77 bits per heavy atom. The van der Waals surface area contributed by atoms with E-state index in [9.17, 15) is 4.57 Å². The van der Waals surface area contributed by atoms with E-state index in [1.807, 2.05) is 54.6 Å². The second-order valence-corrected chi connectivity index (χ2v) is 10.9. The summed E-state index contributed by atoms with van der Waals surface area (Å²) in [4.78, 5) is 0. The van der Waals surface area contributed by atoms with Crippen molar-refractivity contribution in [2.45, 2.75) is 13.8 Å². The van der Waals surface area contributed by atoms with Gasteiger partial charge in [-0.2, -0.15) is 0 Å². The first-order chi connectivity index (χ1) is 14.4. The van der Waals surface area contributed by atoms with Crippen molar-refractivity contribution >= 4 is 54.9 Å². The highest BCUT2D eigenvalue weighted by Crippen LogP contribution is 2.48. The molecule has 0 saturated carbocycles. The summed E-state index contributed by atoms with van der Waals surface area (Å²) in [5.74, 6) is 0.572. The third-order valence-electron chi connectivity index (χ3n) is 4.05. The van der Waals surface area contributed by atoms with Gasteiger partial charge in [-0.3, -0.25) is 4.57 Å². The number of hydrogen-bond donors (Lipinski definition) is 0. The van der Waals surface area contributed by atoms with Crippen LogP contribution in [0.15, 0.2) is 72.8 Å². The first kappa shape index (κ1) is 23.3. The Bertz CT molecular complexity index is 955. The molecule has 0 spiro atoms. The second kappa shape index (κ2) is 10.8. The van der Waals surface area contributed by atoms with Crippen LogP contribution >= 0.6 is 38.9 Å². The van der Waals surface area contributed by atoms with Crippen molar-refractivity contribution in [3.63, 3.8) is 0 Å². The largest absolute Gasteiger partial charge is 0.464 e. The topological polar surface area (TPSA) is 44.8 Å². The van der Waals surface area contributed by atoms with Crippen molar-refractivity contribution < 1.29 is 18.1 Å². The summed E-state index contributed by atoms with van der Waals surface area (Å²) in [7, 11) is -4.61. The van der Waals surface area contributed by atoms with Gasteiger partial charge in [-0.15, -0.1) is 0 Å². The minimum absolute atomic E-state index is 0.282. The fraction of sp³-hybridized carbons (Fsp3) is 0.182. The van der Waals surface area contributed by atoms with Crippen LogP contribution in [0.25, 0.3) is 0 Å². The zero-order valence-electron chi connectivity index (χ0n) is 16.6. The van der Waals surface area contributed by atoms with Gasteiger partial charge in [-0.25, -0.2) is 0 Å². The molecule has 0 fully saturated rings. The van der Waals surface area contributed by atoms with Crippen molar-refractivity contribution in [2.75, 3.05) is 13.2 Å². The van der Waals surface area contributed by atoms with Crippen molar-refractivity contribution in [3.8, 4) is 5.75 Å². The molecule has 0 aliphatic heterocycles. The third kappa shape index (κ3) is 5.86. The van der Waals surface area contributed by atoms with Crippen LogP contribution in [0, 0.1) is 0 Å². The first-order valence-corrected chi connectivity index (χ1v) is 13.0. The zero-order chi connectivity index (χ0) is 21.6. The van der Waals surface area contributed by atoms with E-state index < -0.39 is 15.7 Å². The molecule has 0 unspecified atom stereocenters. The summed E-state index contributed by atoms with van der Waals surface area (Å²) >= 11 is 12.1. The highest BCUT2D eigenvalue weighted by Gasteiger charge is 2.27. The van der Waals surface area contributed by atoms with Gasteiger partial charge >= 0.3 is 7.60 Å². The Labute approximate surface area is 188 Å². The molecule has 30 heavy (non-hydrogen) atoms. The normalized spacial score (nSPS) is 11.6. The van der Waals surface area contributed by atoms with E-state index in [0.29, 0.717) is 21.1 Å². The molecule has 0 N–H and O–H groups in total. The van der Waals surface area contributed by atoms with Gasteiger partial charge in [0.2, 0.25) is 0 Å². The van der Waals surface area contributed by atoms with E-state index in [1.54, 1.807) is 32.0 Å². The van der Waals surface area contributed by atoms with Crippen LogP contribution in [0.5, 0.6) is 5.75 Å². The minimum Gasteiger partial charge on any atom is -0.464 e. The van der Waals surface area contributed by atoms with Crippen LogP contribution < -0.4 is 20.4 Å². The molecule has 158 valence electrons. The molecule has 0 saturated heterocycles. The standard InChI is InChI=1S/C22H22Cl2O4P2/c1-3-26-30(25,27-4-2)22-7-5-6-19(16-22)28-29(20-12-8-17(23)9-13-20)21-14-10-18(24)11-15-21/h5-16H,3-4H2,1-2H3. The Hall–Kier alpha value is -1.38. The maximum Gasteiger partial charge on any atom is 0.361 e. The summed E-state index contributed by atoms with van der Waals surface area (Å²) in [6.45, 7) is 4.13. The van der Waals surface area contributed by atoms with Crippen LogP contribution in [-0.2, 0) is 13.6 Å². The Balaban J connectivity index is 1.97. The molecule has 0 aliphatic carbocycles. The molecule has 8 heteroatoms. The summed E-state index contributed by atoms with van der Waals surface area (Å²) in [5, 5.41) is 3.74. The fourth-order valence-corrected chi connectivity index (χ4v) is 6.28. The van der Waals surface area contributed by atoms with Crippen molar-refractivity contribution in [2.24, 2.45) is 0 Å². The van der Waals surface area contributed by atoms with E-state index in [1.165, 1.54) is 0 Å². The first-order valence-electron chi connectivity index (χ1n) is 9.44.